The molecule has 0 amide bonds. The molecule has 0 bridgehead atoms. The quantitative estimate of drug-likeness (QED) is 0.703. The van der Waals surface area contributed by atoms with Crippen molar-refractivity contribution in [2.75, 3.05) is 26.4 Å². The van der Waals surface area contributed by atoms with E-state index in [0.717, 1.165) is 18.3 Å². The maximum absolute atomic E-state index is 11.7. The van der Waals surface area contributed by atoms with E-state index in [1.807, 2.05) is 14.1 Å². The predicted molar refractivity (Wildman–Crippen MR) is 73.5 cm³/mol. The number of H-pyrrole nitrogens is 1. The first-order valence-corrected chi connectivity index (χ1v) is 6.84. The third-order valence-corrected chi connectivity index (χ3v) is 3.34. The molecule has 1 rings (SSSR count). The van der Waals surface area contributed by atoms with Crippen LogP contribution < -0.4 is 5.69 Å². The number of rotatable bonds is 7. The maximum Gasteiger partial charge on any atom is 0.343 e. The molecule has 0 aromatic carbocycles. The molecule has 1 heterocycles. The lowest BCUT2D eigenvalue weighted by molar-refractivity contribution is -0.133. The standard InChI is InChI=1S/C11H20N4O3S/c1-11(2,6-14(3)4)7-15-9(18)12-13-10(15)19-5-8(16)17/h5-7H2,1-4H3,(H,12,18)(H,16,17). The van der Waals surface area contributed by atoms with Gasteiger partial charge in [-0.25, -0.2) is 9.89 Å². The number of nitrogens with one attached hydrogen (secondary N) is 1. The summed E-state index contributed by atoms with van der Waals surface area (Å²) in [5.41, 5.74) is -0.421. The highest BCUT2D eigenvalue weighted by molar-refractivity contribution is 7.99. The fourth-order valence-electron chi connectivity index (χ4n) is 2.01. The fourth-order valence-corrected chi connectivity index (χ4v) is 2.68. The zero-order valence-corrected chi connectivity index (χ0v) is 12.5. The molecule has 0 saturated heterocycles. The van der Waals surface area contributed by atoms with Gasteiger partial charge in [0.25, 0.3) is 0 Å². The molecule has 0 radical (unpaired) electrons. The second kappa shape index (κ2) is 6.25. The summed E-state index contributed by atoms with van der Waals surface area (Å²) in [6.07, 6.45) is 0. The van der Waals surface area contributed by atoms with Gasteiger partial charge in [0.1, 0.15) is 0 Å². The first kappa shape index (κ1) is 15.8. The van der Waals surface area contributed by atoms with Gasteiger partial charge >= 0.3 is 11.7 Å². The van der Waals surface area contributed by atoms with Crippen LogP contribution in [0.2, 0.25) is 0 Å². The Bertz CT molecular complexity index is 492. The Morgan fingerprint density at radius 2 is 2.16 bits per heavy atom. The third kappa shape index (κ3) is 5.07. The van der Waals surface area contributed by atoms with Gasteiger partial charge in [0.05, 0.1) is 5.75 Å². The lowest BCUT2D eigenvalue weighted by Crippen LogP contribution is -2.35. The van der Waals surface area contributed by atoms with Crippen LogP contribution in [0, 0.1) is 5.41 Å². The topological polar surface area (TPSA) is 91.2 Å². The number of thioether (sulfide) groups is 1. The van der Waals surface area contributed by atoms with Crippen LogP contribution in [0.3, 0.4) is 0 Å². The van der Waals surface area contributed by atoms with Gasteiger partial charge in [0.2, 0.25) is 0 Å². The van der Waals surface area contributed by atoms with Gasteiger partial charge in [-0.15, -0.1) is 5.10 Å². The third-order valence-electron chi connectivity index (χ3n) is 2.38. The Morgan fingerprint density at radius 3 is 2.68 bits per heavy atom. The van der Waals surface area contributed by atoms with Crippen molar-refractivity contribution < 1.29 is 9.90 Å². The first-order valence-electron chi connectivity index (χ1n) is 5.86. The van der Waals surface area contributed by atoms with Crippen molar-refractivity contribution in [2.45, 2.75) is 25.5 Å². The van der Waals surface area contributed by atoms with Gasteiger partial charge in [-0.1, -0.05) is 25.6 Å². The molecule has 0 fully saturated rings. The monoisotopic (exact) mass is 288 g/mol. The van der Waals surface area contributed by atoms with Crippen LogP contribution in [-0.4, -0.2) is 57.1 Å². The van der Waals surface area contributed by atoms with E-state index in [1.54, 1.807) is 0 Å². The summed E-state index contributed by atoms with van der Waals surface area (Å²) in [6.45, 7) is 5.41. The summed E-state index contributed by atoms with van der Waals surface area (Å²) >= 11 is 1.04. The first-order chi connectivity index (χ1) is 8.71. The molecule has 0 spiro atoms. The summed E-state index contributed by atoms with van der Waals surface area (Å²) in [7, 11) is 3.94. The van der Waals surface area contributed by atoms with E-state index in [0.29, 0.717) is 11.7 Å². The van der Waals surface area contributed by atoms with Gasteiger partial charge in [-0.3, -0.25) is 9.36 Å². The molecule has 0 saturated carbocycles. The Balaban J connectivity index is 2.85. The van der Waals surface area contributed by atoms with Crippen molar-refractivity contribution in [3.63, 3.8) is 0 Å². The number of aromatic amines is 1. The van der Waals surface area contributed by atoms with E-state index in [1.165, 1.54) is 4.57 Å². The van der Waals surface area contributed by atoms with Crippen molar-refractivity contribution >= 4 is 17.7 Å². The molecule has 1 aromatic rings. The Hall–Kier alpha value is -1.28. The molecule has 8 heteroatoms. The van der Waals surface area contributed by atoms with E-state index in [-0.39, 0.29) is 16.9 Å². The zero-order valence-electron chi connectivity index (χ0n) is 11.6. The lowest BCUT2D eigenvalue weighted by atomic mass is 9.93. The van der Waals surface area contributed by atoms with E-state index in [9.17, 15) is 9.59 Å². The second-order valence-corrected chi connectivity index (χ2v) is 6.42. The number of aromatic nitrogens is 3. The van der Waals surface area contributed by atoms with Gasteiger partial charge in [0.15, 0.2) is 5.16 Å². The predicted octanol–water partition coefficient (Wildman–Crippen LogP) is 0.336. The molecule has 108 valence electrons. The minimum absolute atomic E-state index is 0.113. The van der Waals surface area contributed by atoms with Crippen LogP contribution >= 0.6 is 11.8 Å². The highest BCUT2D eigenvalue weighted by Gasteiger charge is 2.23. The lowest BCUT2D eigenvalue weighted by Gasteiger charge is -2.28. The minimum Gasteiger partial charge on any atom is -0.481 e. The smallest absolute Gasteiger partial charge is 0.343 e. The van der Waals surface area contributed by atoms with Crippen LogP contribution in [0.25, 0.3) is 0 Å². The molecule has 2 N–H and O–H groups in total. The Labute approximate surface area is 116 Å². The maximum atomic E-state index is 11.7. The number of carboxylic acids is 1. The zero-order chi connectivity index (χ0) is 14.6. The summed E-state index contributed by atoms with van der Waals surface area (Å²) in [5.74, 6) is -1.04. The van der Waals surface area contributed by atoms with Crippen LogP contribution in [0.15, 0.2) is 9.95 Å². The van der Waals surface area contributed by atoms with Crippen LogP contribution in [0.4, 0.5) is 0 Å². The molecule has 0 aliphatic rings. The van der Waals surface area contributed by atoms with Gasteiger partial charge < -0.3 is 10.0 Å². The molecule has 1 aromatic heterocycles. The van der Waals surface area contributed by atoms with Crippen LogP contribution in [-0.2, 0) is 11.3 Å². The van der Waals surface area contributed by atoms with Gasteiger partial charge in [0, 0.05) is 13.1 Å². The van der Waals surface area contributed by atoms with Crippen molar-refractivity contribution in [2.24, 2.45) is 5.41 Å². The molecular weight excluding hydrogens is 268 g/mol. The number of aliphatic carboxylic acids is 1. The van der Waals surface area contributed by atoms with Crippen LogP contribution in [0.5, 0.6) is 0 Å². The average Bonchev–Trinajstić information content (AvgIpc) is 2.55. The number of hydrogen-bond donors (Lipinski definition) is 2. The second-order valence-electron chi connectivity index (χ2n) is 5.48. The normalized spacial score (nSPS) is 12.1. The average molecular weight is 288 g/mol. The molecule has 19 heavy (non-hydrogen) atoms. The fraction of sp³-hybridized carbons (Fsp3) is 0.727. The van der Waals surface area contributed by atoms with E-state index < -0.39 is 5.97 Å². The number of hydrogen-bond acceptors (Lipinski definition) is 5. The van der Waals surface area contributed by atoms with E-state index in [4.69, 9.17) is 5.11 Å². The van der Waals surface area contributed by atoms with Crippen LogP contribution in [0.1, 0.15) is 13.8 Å². The SMILES string of the molecule is CN(C)CC(C)(C)Cn1c(SCC(=O)O)n[nH]c1=O. The number of carboxylic acid groups (broad SMARTS) is 1. The summed E-state index contributed by atoms with van der Waals surface area (Å²) in [4.78, 5) is 24.3. The van der Waals surface area contributed by atoms with Gasteiger partial charge in [-0.2, -0.15) is 0 Å². The Morgan fingerprint density at radius 1 is 1.53 bits per heavy atom. The molecule has 0 aliphatic carbocycles. The van der Waals surface area contributed by atoms with Crippen molar-refractivity contribution in [3.8, 4) is 0 Å². The van der Waals surface area contributed by atoms with Crippen molar-refractivity contribution in [1.82, 2.24) is 19.7 Å². The Kier molecular flexibility index (Phi) is 5.19. The summed E-state index contributed by atoms with van der Waals surface area (Å²) in [6, 6.07) is 0. The number of nitrogens with zero attached hydrogens (tertiary/aromatic N) is 3. The summed E-state index contributed by atoms with van der Waals surface area (Å²) < 4.78 is 1.50. The molecule has 7 nitrogen and oxygen atoms in total. The minimum atomic E-state index is -0.931. The highest BCUT2D eigenvalue weighted by Crippen LogP contribution is 2.21. The molecule has 0 unspecified atom stereocenters. The van der Waals surface area contributed by atoms with Gasteiger partial charge in [-0.05, 0) is 19.5 Å². The molecule has 0 aliphatic heterocycles. The molecular formula is C11H20N4O3S. The van der Waals surface area contributed by atoms with Crippen molar-refractivity contribution in [3.05, 3.63) is 10.5 Å². The molecule has 0 atom stereocenters. The van der Waals surface area contributed by atoms with E-state index in [2.05, 4.69) is 28.9 Å². The largest absolute Gasteiger partial charge is 0.481 e. The van der Waals surface area contributed by atoms with Crippen molar-refractivity contribution in [1.29, 1.82) is 0 Å². The van der Waals surface area contributed by atoms with E-state index >= 15 is 0 Å². The summed E-state index contributed by atoms with van der Waals surface area (Å²) in [5, 5.41) is 15.3. The number of carbonyl (C=O) groups is 1. The highest BCUT2D eigenvalue weighted by atomic mass is 32.2.